The predicted molar refractivity (Wildman–Crippen MR) is 73.1 cm³/mol. The van der Waals surface area contributed by atoms with E-state index in [0.717, 1.165) is 30.6 Å². The number of aliphatic hydroxyl groups excluding tert-OH is 1. The summed E-state index contributed by atoms with van der Waals surface area (Å²) < 4.78 is 0. The van der Waals surface area contributed by atoms with Gasteiger partial charge in [-0.15, -0.1) is 0 Å². The molecule has 2 saturated carbocycles. The van der Waals surface area contributed by atoms with Gasteiger partial charge in [-0.3, -0.25) is 0 Å². The molecule has 1 nitrogen and oxygen atoms in total. The Morgan fingerprint density at radius 1 is 1.06 bits per heavy atom. The van der Waals surface area contributed by atoms with Crippen molar-refractivity contribution >= 4 is 0 Å². The van der Waals surface area contributed by atoms with Crippen LogP contribution in [-0.2, 0) is 0 Å². The molecule has 18 heavy (non-hydrogen) atoms. The van der Waals surface area contributed by atoms with Gasteiger partial charge in [0.2, 0.25) is 0 Å². The summed E-state index contributed by atoms with van der Waals surface area (Å²) >= 11 is 0. The molecule has 0 amide bonds. The van der Waals surface area contributed by atoms with E-state index in [1.807, 2.05) is 5.57 Å². The Hall–Kier alpha value is -0.560. The van der Waals surface area contributed by atoms with E-state index in [2.05, 4.69) is 6.08 Å². The molecule has 4 aliphatic rings. The molecule has 0 heterocycles. The second-order valence-corrected chi connectivity index (χ2v) is 6.86. The van der Waals surface area contributed by atoms with Gasteiger partial charge in [-0.1, -0.05) is 11.6 Å². The first kappa shape index (κ1) is 11.3. The Balaban J connectivity index is 1.70. The van der Waals surface area contributed by atoms with Gasteiger partial charge in [0.25, 0.3) is 0 Å². The number of hydrogen-bond donors (Lipinski definition) is 1. The Labute approximate surface area is 110 Å². The van der Waals surface area contributed by atoms with Crippen molar-refractivity contribution in [2.75, 3.05) is 0 Å². The quantitative estimate of drug-likeness (QED) is 0.683. The summed E-state index contributed by atoms with van der Waals surface area (Å²) in [5.74, 6) is 2.49. The molecular weight excluding hydrogens is 220 g/mol. The maximum atomic E-state index is 9.96. The highest BCUT2D eigenvalue weighted by molar-refractivity contribution is 5.42. The lowest BCUT2D eigenvalue weighted by molar-refractivity contribution is 0.172. The molecule has 0 aromatic heterocycles. The van der Waals surface area contributed by atoms with Gasteiger partial charge in [-0.25, -0.2) is 0 Å². The summed E-state index contributed by atoms with van der Waals surface area (Å²) in [4.78, 5) is 0. The fraction of sp³-hybridized carbons (Fsp3) is 0.765. The molecule has 1 heteroatoms. The average molecular weight is 244 g/mol. The van der Waals surface area contributed by atoms with Crippen molar-refractivity contribution < 1.29 is 5.11 Å². The Bertz CT molecular complexity index is 417. The molecule has 0 radical (unpaired) electrons. The zero-order valence-corrected chi connectivity index (χ0v) is 11.2. The van der Waals surface area contributed by atoms with Crippen molar-refractivity contribution in [3.05, 3.63) is 22.8 Å². The Morgan fingerprint density at radius 3 is 2.94 bits per heavy atom. The molecule has 0 aromatic rings. The summed E-state index contributed by atoms with van der Waals surface area (Å²) in [5, 5.41) is 9.96. The molecule has 0 bridgehead atoms. The van der Waals surface area contributed by atoms with Crippen LogP contribution >= 0.6 is 0 Å². The van der Waals surface area contributed by atoms with Crippen LogP contribution in [0.15, 0.2) is 22.8 Å². The van der Waals surface area contributed by atoms with Crippen molar-refractivity contribution in [1.29, 1.82) is 0 Å². The van der Waals surface area contributed by atoms with Crippen LogP contribution < -0.4 is 0 Å². The van der Waals surface area contributed by atoms with E-state index < -0.39 is 0 Å². The van der Waals surface area contributed by atoms with Crippen LogP contribution in [0.5, 0.6) is 0 Å². The van der Waals surface area contributed by atoms with Gasteiger partial charge < -0.3 is 5.11 Å². The molecule has 1 unspecified atom stereocenters. The molecule has 4 rings (SSSR count). The zero-order chi connectivity index (χ0) is 12.1. The Morgan fingerprint density at radius 2 is 2.00 bits per heavy atom. The maximum absolute atomic E-state index is 9.96. The van der Waals surface area contributed by atoms with E-state index in [-0.39, 0.29) is 6.10 Å². The molecule has 0 aliphatic heterocycles. The van der Waals surface area contributed by atoms with Crippen LogP contribution in [0.1, 0.15) is 57.8 Å². The number of fused-ring (bicyclic) bond motifs is 4. The topological polar surface area (TPSA) is 20.2 Å². The van der Waals surface area contributed by atoms with Gasteiger partial charge in [0, 0.05) is 0 Å². The molecule has 98 valence electrons. The van der Waals surface area contributed by atoms with E-state index in [1.54, 1.807) is 11.1 Å². The van der Waals surface area contributed by atoms with E-state index in [4.69, 9.17) is 0 Å². The second-order valence-electron chi connectivity index (χ2n) is 6.86. The fourth-order valence-electron chi connectivity index (χ4n) is 5.27. The summed E-state index contributed by atoms with van der Waals surface area (Å²) in [6, 6.07) is 0. The first-order chi connectivity index (χ1) is 8.83. The van der Waals surface area contributed by atoms with Gasteiger partial charge in [-0.2, -0.15) is 0 Å². The molecular formula is C17H24O. The van der Waals surface area contributed by atoms with E-state index in [1.165, 1.54) is 44.9 Å². The van der Waals surface area contributed by atoms with Gasteiger partial charge >= 0.3 is 0 Å². The third-order valence-electron chi connectivity index (χ3n) is 5.99. The monoisotopic (exact) mass is 244 g/mol. The smallest absolute Gasteiger partial charge is 0.0546 e. The third kappa shape index (κ3) is 1.63. The molecule has 4 atom stereocenters. The van der Waals surface area contributed by atoms with Crippen molar-refractivity contribution in [2.45, 2.75) is 63.9 Å². The average Bonchev–Trinajstić information content (AvgIpc) is 2.79. The van der Waals surface area contributed by atoms with Crippen molar-refractivity contribution in [3.8, 4) is 0 Å². The van der Waals surface area contributed by atoms with Crippen LogP contribution in [0.25, 0.3) is 0 Å². The lowest BCUT2D eigenvalue weighted by atomic mass is 9.63. The molecule has 1 N–H and O–H groups in total. The largest absolute Gasteiger partial charge is 0.393 e. The van der Waals surface area contributed by atoms with E-state index >= 15 is 0 Å². The summed E-state index contributed by atoms with van der Waals surface area (Å²) in [6.07, 6.45) is 14.1. The molecule has 0 spiro atoms. The van der Waals surface area contributed by atoms with Crippen LogP contribution in [0.2, 0.25) is 0 Å². The van der Waals surface area contributed by atoms with Crippen LogP contribution in [-0.4, -0.2) is 11.2 Å². The van der Waals surface area contributed by atoms with E-state index in [9.17, 15) is 5.11 Å². The highest BCUT2D eigenvalue weighted by Gasteiger charge is 2.44. The lowest BCUT2D eigenvalue weighted by Crippen LogP contribution is -2.30. The normalized spacial score (nSPS) is 43.1. The fourth-order valence-corrected chi connectivity index (χ4v) is 5.27. The number of aliphatic hydroxyl groups is 1. The third-order valence-corrected chi connectivity index (χ3v) is 5.99. The zero-order valence-electron chi connectivity index (χ0n) is 11.2. The predicted octanol–water partition coefficient (Wildman–Crippen LogP) is 3.98. The number of allylic oxidation sites excluding steroid dienone is 4. The second kappa shape index (κ2) is 4.23. The SMILES string of the molecule is OC1C[C@H]2CCC3=C4CCCC=C4CC[C@H]3[C@@H]2C1. The van der Waals surface area contributed by atoms with Crippen molar-refractivity contribution in [3.63, 3.8) is 0 Å². The molecule has 2 fully saturated rings. The van der Waals surface area contributed by atoms with Crippen LogP contribution in [0, 0.1) is 17.8 Å². The van der Waals surface area contributed by atoms with Crippen molar-refractivity contribution in [2.24, 2.45) is 17.8 Å². The van der Waals surface area contributed by atoms with Gasteiger partial charge in [0.05, 0.1) is 6.10 Å². The molecule has 4 aliphatic carbocycles. The van der Waals surface area contributed by atoms with Gasteiger partial charge in [0.15, 0.2) is 0 Å². The maximum Gasteiger partial charge on any atom is 0.0546 e. The molecule has 0 aromatic carbocycles. The lowest BCUT2D eigenvalue weighted by Gasteiger charge is -2.42. The highest BCUT2D eigenvalue weighted by Crippen LogP contribution is 2.54. The first-order valence-corrected chi connectivity index (χ1v) is 7.92. The number of hydrogen-bond acceptors (Lipinski definition) is 1. The van der Waals surface area contributed by atoms with Gasteiger partial charge in [-0.05, 0) is 86.7 Å². The van der Waals surface area contributed by atoms with E-state index in [0.29, 0.717) is 0 Å². The summed E-state index contributed by atoms with van der Waals surface area (Å²) in [5.41, 5.74) is 5.28. The highest BCUT2D eigenvalue weighted by atomic mass is 16.3. The number of rotatable bonds is 0. The molecule has 0 saturated heterocycles. The minimum absolute atomic E-state index is 0.00708. The Kier molecular flexibility index (Phi) is 2.65. The minimum atomic E-state index is 0.00708. The van der Waals surface area contributed by atoms with Crippen LogP contribution in [0.3, 0.4) is 0 Å². The minimum Gasteiger partial charge on any atom is -0.393 e. The first-order valence-electron chi connectivity index (χ1n) is 7.92. The summed E-state index contributed by atoms with van der Waals surface area (Å²) in [7, 11) is 0. The van der Waals surface area contributed by atoms with Crippen LogP contribution in [0.4, 0.5) is 0 Å². The standard InChI is InChI=1S/C17H24O/c18-13-9-12-6-8-15-14-4-2-1-3-11(14)5-7-16(15)17(12)10-13/h3,12-13,16-18H,1-2,4-10H2/t12-,13?,16-,17-/m1/s1. The summed E-state index contributed by atoms with van der Waals surface area (Å²) in [6.45, 7) is 0. The van der Waals surface area contributed by atoms with Crippen molar-refractivity contribution in [1.82, 2.24) is 0 Å². The van der Waals surface area contributed by atoms with Gasteiger partial charge in [0.1, 0.15) is 0 Å².